The van der Waals surface area contributed by atoms with Crippen molar-refractivity contribution in [3.8, 4) is 6.07 Å². The Hall–Kier alpha value is -1.14. The van der Waals surface area contributed by atoms with Gasteiger partial charge in [0.2, 0.25) is 0 Å². The number of rotatable bonds is 7. The van der Waals surface area contributed by atoms with Crippen LogP contribution in [-0.2, 0) is 4.79 Å². The molecule has 1 unspecified atom stereocenters. The summed E-state index contributed by atoms with van der Waals surface area (Å²) in [5, 5.41) is 11.1. The number of hydrogen-bond donors (Lipinski definition) is 0. The maximum Gasteiger partial charge on any atom is 0.158 e. The van der Waals surface area contributed by atoms with Crippen molar-refractivity contribution in [3.05, 3.63) is 22.4 Å². The van der Waals surface area contributed by atoms with Crippen molar-refractivity contribution in [2.45, 2.75) is 45.4 Å². The average molecular weight is 249 g/mol. The summed E-state index contributed by atoms with van der Waals surface area (Å²) in [6, 6.07) is 5.94. The molecule has 2 nitrogen and oxygen atoms in total. The molecule has 0 saturated carbocycles. The Kier molecular flexibility index (Phi) is 5.93. The van der Waals surface area contributed by atoms with Gasteiger partial charge in [-0.05, 0) is 24.3 Å². The largest absolute Gasteiger partial charge is 0.297 e. The number of carbonyl (C=O) groups excluding carboxylic acids is 1. The third-order valence-electron chi connectivity index (χ3n) is 2.92. The van der Waals surface area contributed by atoms with Gasteiger partial charge >= 0.3 is 0 Å². The van der Waals surface area contributed by atoms with Gasteiger partial charge in [0.25, 0.3) is 0 Å². The molecule has 0 fully saturated rings. The Balaban J connectivity index is 2.81. The molecule has 1 rings (SSSR count). The minimum absolute atomic E-state index is 0.0525. The number of carbonyl (C=O) groups is 1. The summed E-state index contributed by atoms with van der Waals surface area (Å²) in [4.78, 5) is 13.2. The van der Waals surface area contributed by atoms with E-state index >= 15 is 0 Å². The minimum atomic E-state index is -0.557. The molecule has 3 heteroatoms. The molecule has 1 atom stereocenters. The van der Waals surface area contributed by atoms with Crippen LogP contribution in [0.4, 0.5) is 0 Å². The van der Waals surface area contributed by atoms with Gasteiger partial charge in [-0.3, -0.25) is 4.79 Å². The van der Waals surface area contributed by atoms with Crippen LogP contribution in [0.15, 0.2) is 17.5 Å². The highest BCUT2D eigenvalue weighted by Crippen LogP contribution is 2.27. The Morgan fingerprint density at radius 2 is 2.06 bits per heavy atom. The summed E-state index contributed by atoms with van der Waals surface area (Å²) in [5.41, 5.74) is 0. The molecule has 0 aliphatic heterocycles. The molecule has 0 spiro atoms. The van der Waals surface area contributed by atoms with Crippen molar-refractivity contribution in [1.82, 2.24) is 0 Å². The molecular formula is C14H19NOS. The molecule has 1 heterocycles. The van der Waals surface area contributed by atoms with Crippen LogP contribution in [0.2, 0.25) is 0 Å². The van der Waals surface area contributed by atoms with Crippen LogP contribution in [0.3, 0.4) is 0 Å². The number of Topliss-reactive ketones (excluding diaryl/α,β-unsaturated/α-hetero) is 1. The fourth-order valence-electron chi connectivity index (χ4n) is 2.08. The van der Waals surface area contributed by atoms with Gasteiger partial charge in [0, 0.05) is 10.8 Å². The van der Waals surface area contributed by atoms with E-state index in [9.17, 15) is 10.1 Å². The number of ketones is 1. The second-order valence-corrected chi connectivity index (χ2v) is 5.23. The monoisotopic (exact) mass is 249 g/mol. The normalized spacial score (nSPS) is 12.4. The highest BCUT2D eigenvalue weighted by Gasteiger charge is 2.27. The second-order valence-electron chi connectivity index (χ2n) is 4.25. The standard InChI is InChI=1S/C14H19NOS/c1-3-6-11(7-4-2)14(16)12(10-15)13-8-5-9-17-13/h5,8-9,11-12H,3-4,6-7H2,1-2H3. The first-order valence-electron chi connectivity index (χ1n) is 6.21. The molecule has 17 heavy (non-hydrogen) atoms. The van der Waals surface area contributed by atoms with Crippen molar-refractivity contribution in [1.29, 1.82) is 5.26 Å². The van der Waals surface area contributed by atoms with E-state index in [1.165, 1.54) is 11.3 Å². The highest BCUT2D eigenvalue weighted by atomic mass is 32.1. The van der Waals surface area contributed by atoms with E-state index in [0.717, 1.165) is 30.6 Å². The first-order chi connectivity index (χ1) is 8.24. The van der Waals surface area contributed by atoms with Gasteiger partial charge in [-0.15, -0.1) is 11.3 Å². The molecule has 1 aromatic heterocycles. The van der Waals surface area contributed by atoms with Crippen LogP contribution < -0.4 is 0 Å². The molecule has 0 aromatic carbocycles. The predicted octanol–water partition coefficient (Wildman–Crippen LogP) is 4.14. The van der Waals surface area contributed by atoms with Gasteiger partial charge in [0.1, 0.15) is 5.92 Å². The molecule has 0 saturated heterocycles. The molecular weight excluding hydrogens is 230 g/mol. The van der Waals surface area contributed by atoms with Gasteiger partial charge < -0.3 is 0 Å². The van der Waals surface area contributed by atoms with E-state index in [4.69, 9.17) is 0 Å². The summed E-state index contributed by atoms with van der Waals surface area (Å²) in [7, 11) is 0. The second kappa shape index (κ2) is 7.24. The zero-order chi connectivity index (χ0) is 12.7. The molecule has 0 aliphatic rings. The number of nitriles is 1. The first kappa shape index (κ1) is 13.9. The molecule has 1 aromatic rings. The smallest absolute Gasteiger partial charge is 0.158 e. The molecule has 92 valence electrons. The van der Waals surface area contributed by atoms with Crippen LogP contribution in [0.1, 0.15) is 50.3 Å². The summed E-state index contributed by atoms with van der Waals surface area (Å²) < 4.78 is 0. The van der Waals surface area contributed by atoms with E-state index in [-0.39, 0.29) is 11.7 Å². The highest BCUT2D eigenvalue weighted by molar-refractivity contribution is 7.10. The summed E-state index contributed by atoms with van der Waals surface area (Å²) in [5.74, 6) is -0.395. The quantitative estimate of drug-likeness (QED) is 0.728. The van der Waals surface area contributed by atoms with Gasteiger partial charge in [0.15, 0.2) is 5.78 Å². The third kappa shape index (κ3) is 3.67. The lowest BCUT2D eigenvalue weighted by molar-refractivity contribution is -0.123. The van der Waals surface area contributed by atoms with Crippen LogP contribution in [0, 0.1) is 17.2 Å². The SMILES string of the molecule is CCCC(CCC)C(=O)C(C#N)c1cccs1. The predicted molar refractivity (Wildman–Crippen MR) is 71.0 cm³/mol. The molecule has 0 bridgehead atoms. The zero-order valence-electron chi connectivity index (χ0n) is 10.5. The molecule has 0 aliphatic carbocycles. The van der Waals surface area contributed by atoms with Crippen molar-refractivity contribution in [2.75, 3.05) is 0 Å². The number of hydrogen-bond acceptors (Lipinski definition) is 3. The zero-order valence-corrected chi connectivity index (χ0v) is 11.3. The number of nitrogens with zero attached hydrogens (tertiary/aromatic N) is 1. The Morgan fingerprint density at radius 3 is 2.47 bits per heavy atom. The summed E-state index contributed by atoms with van der Waals surface area (Å²) in [6.45, 7) is 4.17. The Bertz CT molecular complexity index is 371. The van der Waals surface area contributed by atoms with E-state index in [1.807, 2.05) is 17.5 Å². The van der Waals surface area contributed by atoms with Crippen LogP contribution in [0.5, 0.6) is 0 Å². The lowest BCUT2D eigenvalue weighted by Gasteiger charge is -2.16. The van der Waals surface area contributed by atoms with Crippen molar-refractivity contribution in [3.63, 3.8) is 0 Å². The third-order valence-corrected chi connectivity index (χ3v) is 3.86. The summed E-state index contributed by atoms with van der Waals surface area (Å²) in [6.07, 6.45) is 3.80. The van der Waals surface area contributed by atoms with Gasteiger partial charge in [-0.25, -0.2) is 0 Å². The lowest BCUT2D eigenvalue weighted by atomic mass is 9.86. The van der Waals surface area contributed by atoms with Gasteiger partial charge in [-0.1, -0.05) is 32.8 Å². The van der Waals surface area contributed by atoms with E-state index < -0.39 is 5.92 Å². The van der Waals surface area contributed by atoms with Gasteiger partial charge in [0.05, 0.1) is 6.07 Å². The van der Waals surface area contributed by atoms with Crippen LogP contribution >= 0.6 is 11.3 Å². The topological polar surface area (TPSA) is 40.9 Å². The fourth-order valence-corrected chi connectivity index (χ4v) is 2.86. The van der Waals surface area contributed by atoms with Crippen molar-refractivity contribution in [2.24, 2.45) is 5.92 Å². The molecule has 0 N–H and O–H groups in total. The molecule has 0 radical (unpaired) electrons. The van der Waals surface area contributed by atoms with Gasteiger partial charge in [-0.2, -0.15) is 5.26 Å². The molecule has 0 amide bonds. The van der Waals surface area contributed by atoms with E-state index in [2.05, 4.69) is 19.9 Å². The van der Waals surface area contributed by atoms with Crippen LogP contribution in [0.25, 0.3) is 0 Å². The summed E-state index contributed by atoms with van der Waals surface area (Å²) >= 11 is 1.49. The van der Waals surface area contributed by atoms with Crippen molar-refractivity contribution >= 4 is 17.1 Å². The fraction of sp³-hybridized carbons (Fsp3) is 0.571. The Morgan fingerprint density at radius 1 is 1.41 bits per heavy atom. The lowest BCUT2D eigenvalue weighted by Crippen LogP contribution is -2.20. The first-order valence-corrected chi connectivity index (χ1v) is 7.09. The van der Waals surface area contributed by atoms with Crippen molar-refractivity contribution < 1.29 is 4.79 Å². The maximum absolute atomic E-state index is 12.3. The number of thiophene rings is 1. The minimum Gasteiger partial charge on any atom is -0.297 e. The maximum atomic E-state index is 12.3. The van der Waals surface area contributed by atoms with E-state index in [0.29, 0.717) is 0 Å². The van der Waals surface area contributed by atoms with E-state index in [1.54, 1.807) is 0 Å². The Labute approximate surface area is 107 Å². The van der Waals surface area contributed by atoms with Crippen LogP contribution in [-0.4, -0.2) is 5.78 Å². The average Bonchev–Trinajstić information content (AvgIpc) is 2.83.